The standard InChI is InChI=1S/C11H12N6O6S2/c1-16(4-5-23-25(20,21)22)8-2-3-9(10(6-8)17(18)19)13-15-11-14-12-7-24-11/h2-3,6-7H,4-5H2,1H3,(H,20,21,22)/p-1. The highest BCUT2D eigenvalue weighted by Crippen LogP contribution is 2.32. The fourth-order valence-corrected chi connectivity index (χ4v) is 2.34. The number of azo groups is 1. The van der Waals surface area contributed by atoms with Crippen molar-refractivity contribution in [2.45, 2.75) is 0 Å². The van der Waals surface area contributed by atoms with Gasteiger partial charge in [0.25, 0.3) is 10.8 Å². The van der Waals surface area contributed by atoms with Gasteiger partial charge in [0.05, 0.1) is 11.5 Å². The Balaban J connectivity index is 2.16. The molecule has 14 heteroatoms. The summed E-state index contributed by atoms with van der Waals surface area (Å²) in [6, 6.07) is 4.17. The number of aromatic nitrogens is 2. The van der Waals surface area contributed by atoms with E-state index in [1.807, 2.05) is 0 Å². The average molecular weight is 387 g/mol. The van der Waals surface area contributed by atoms with Gasteiger partial charge < -0.3 is 9.45 Å². The minimum absolute atomic E-state index is 0.0238. The zero-order chi connectivity index (χ0) is 18.4. The van der Waals surface area contributed by atoms with Crippen molar-refractivity contribution >= 4 is 43.9 Å². The second-order valence-electron chi connectivity index (χ2n) is 4.50. The van der Waals surface area contributed by atoms with E-state index in [1.54, 1.807) is 7.05 Å². The lowest BCUT2D eigenvalue weighted by atomic mass is 10.2. The van der Waals surface area contributed by atoms with Crippen LogP contribution in [-0.2, 0) is 14.6 Å². The lowest BCUT2D eigenvalue weighted by Gasteiger charge is -2.19. The summed E-state index contributed by atoms with van der Waals surface area (Å²) in [6.07, 6.45) is 0. The fourth-order valence-electron chi connectivity index (χ4n) is 1.69. The summed E-state index contributed by atoms with van der Waals surface area (Å²) in [4.78, 5) is 12.1. The minimum atomic E-state index is -4.78. The molecule has 0 radical (unpaired) electrons. The summed E-state index contributed by atoms with van der Waals surface area (Å²) in [5.74, 6) is 0. The number of nitro groups is 1. The first kappa shape index (κ1) is 18.8. The maximum atomic E-state index is 11.2. The number of likely N-dealkylation sites (N-methyl/N-ethyl adjacent to an activating group) is 1. The third kappa shape index (κ3) is 5.79. The Bertz CT molecular complexity index is 869. The molecule has 1 heterocycles. The first-order chi connectivity index (χ1) is 11.8. The fraction of sp³-hybridized carbons (Fsp3) is 0.273. The van der Waals surface area contributed by atoms with E-state index in [4.69, 9.17) is 0 Å². The average Bonchev–Trinajstić information content (AvgIpc) is 3.04. The number of hydrogen-bond donors (Lipinski definition) is 0. The van der Waals surface area contributed by atoms with Crippen LogP contribution in [0.25, 0.3) is 0 Å². The van der Waals surface area contributed by atoms with E-state index in [-0.39, 0.29) is 29.7 Å². The Morgan fingerprint density at radius 2 is 2.16 bits per heavy atom. The topological polar surface area (TPSA) is 163 Å². The van der Waals surface area contributed by atoms with Crippen LogP contribution < -0.4 is 4.90 Å². The first-order valence-electron chi connectivity index (χ1n) is 6.54. The van der Waals surface area contributed by atoms with Crippen molar-refractivity contribution in [3.05, 3.63) is 33.8 Å². The molecule has 0 N–H and O–H groups in total. The Morgan fingerprint density at radius 1 is 1.40 bits per heavy atom. The van der Waals surface area contributed by atoms with Crippen LogP contribution in [0.2, 0.25) is 0 Å². The van der Waals surface area contributed by atoms with E-state index >= 15 is 0 Å². The van der Waals surface area contributed by atoms with E-state index < -0.39 is 15.3 Å². The molecule has 134 valence electrons. The van der Waals surface area contributed by atoms with Crippen molar-refractivity contribution in [3.63, 3.8) is 0 Å². The van der Waals surface area contributed by atoms with Gasteiger partial charge in [0.2, 0.25) is 10.4 Å². The number of hydrogen-bond acceptors (Lipinski definition) is 12. The normalized spacial score (nSPS) is 11.8. The second kappa shape index (κ2) is 8.02. The van der Waals surface area contributed by atoms with Crippen LogP contribution in [-0.4, -0.2) is 48.3 Å². The third-order valence-electron chi connectivity index (χ3n) is 2.84. The molecule has 1 aromatic heterocycles. The van der Waals surface area contributed by atoms with E-state index in [9.17, 15) is 23.1 Å². The zero-order valence-electron chi connectivity index (χ0n) is 12.7. The molecule has 25 heavy (non-hydrogen) atoms. The van der Waals surface area contributed by atoms with Crippen molar-refractivity contribution in [2.75, 3.05) is 25.1 Å². The Kier molecular flexibility index (Phi) is 6.02. The molecule has 0 spiro atoms. The molecule has 0 saturated carbocycles. The molecule has 0 unspecified atom stereocenters. The van der Waals surface area contributed by atoms with Crippen LogP contribution in [0.4, 0.5) is 22.2 Å². The predicted molar refractivity (Wildman–Crippen MR) is 86.1 cm³/mol. The van der Waals surface area contributed by atoms with Crippen molar-refractivity contribution < 1.29 is 22.1 Å². The maximum Gasteiger partial charge on any atom is 0.298 e. The van der Waals surface area contributed by atoms with E-state index in [2.05, 4.69) is 24.6 Å². The first-order valence-corrected chi connectivity index (χ1v) is 8.75. The van der Waals surface area contributed by atoms with Crippen LogP contribution in [0, 0.1) is 10.1 Å². The smallest absolute Gasteiger partial charge is 0.298 e. The van der Waals surface area contributed by atoms with Crippen molar-refractivity contribution in [3.8, 4) is 0 Å². The lowest BCUT2D eigenvalue weighted by Crippen LogP contribution is -2.23. The van der Waals surface area contributed by atoms with Crippen LogP contribution in [0.3, 0.4) is 0 Å². The number of rotatable bonds is 8. The van der Waals surface area contributed by atoms with Gasteiger partial charge in [0.1, 0.15) is 5.51 Å². The highest BCUT2D eigenvalue weighted by molar-refractivity contribution is 7.80. The summed E-state index contributed by atoms with van der Waals surface area (Å²) < 4.78 is 35.3. The molecule has 0 aliphatic rings. The Hall–Kier alpha value is -2.55. The zero-order valence-corrected chi connectivity index (χ0v) is 14.3. The summed E-state index contributed by atoms with van der Waals surface area (Å²) in [5, 5.41) is 26.2. The summed E-state index contributed by atoms with van der Waals surface area (Å²) in [6.45, 7) is -0.348. The molecule has 2 rings (SSSR count). The number of nitrogens with zero attached hydrogens (tertiary/aromatic N) is 6. The van der Waals surface area contributed by atoms with Gasteiger partial charge >= 0.3 is 0 Å². The van der Waals surface area contributed by atoms with Gasteiger partial charge in [-0.3, -0.25) is 14.3 Å². The van der Waals surface area contributed by atoms with E-state index in [0.717, 1.165) is 11.3 Å². The monoisotopic (exact) mass is 387 g/mol. The number of anilines is 1. The largest absolute Gasteiger partial charge is 0.726 e. The highest BCUT2D eigenvalue weighted by atomic mass is 32.3. The molecule has 0 aliphatic carbocycles. The van der Waals surface area contributed by atoms with Crippen LogP contribution >= 0.6 is 11.3 Å². The van der Waals surface area contributed by atoms with Gasteiger partial charge in [-0.05, 0) is 12.1 Å². The van der Waals surface area contributed by atoms with Gasteiger partial charge in [-0.15, -0.1) is 20.4 Å². The molecule has 0 fully saturated rings. The van der Waals surface area contributed by atoms with Gasteiger partial charge in [0, 0.05) is 25.3 Å². The molecule has 12 nitrogen and oxygen atoms in total. The number of nitro benzene ring substituents is 1. The SMILES string of the molecule is CN(CCOS(=O)(=O)[O-])c1ccc(N=Nc2nncs2)c([N+](=O)[O-])c1. The maximum absolute atomic E-state index is 11.2. The summed E-state index contributed by atoms with van der Waals surface area (Å²) >= 11 is 1.13. The van der Waals surface area contributed by atoms with Gasteiger partial charge in [-0.1, -0.05) is 11.3 Å². The van der Waals surface area contributed by atoms with Crippen molar-refractivity contribution in [2.24, 2.45) is 10.2 Å². The number of benzene rings is 1. The second-order valence-corrected chi connectivity index (χ2v) is 6.37. The van der Waals surface area contributed by atoms with Crippen LogP contribution in [0.1, 0.15) is 0 Å². The molecule has 1 aromatic carbocycles. The predicted octanol–water partition coefficient (Wildman–Crippen LogP) is 1.77. The minimum Gasteiger partial charge on any atom is -0.726 e. The Morgan fingerprint density at radius 3 is 2.76 bits per heavy atom. The summed E-state index contributed by atoms with van der Waals surface area (Å²) in [5.41, 5.74) is 1.59. The van der Waals surface area contributed by atoms with E-state index in [1.165, 1.54) is 28.6 Å². The summed E-state index contributed by atoms with van der Waals surface area (Å²) in [7, 11) is -3.22. The molecule has 0 amide bonds. The highest BCUT2D eigenvalue weighted by Gasteiger charge is 2.16. The van der Waals surface area contributed by atoms with Gasteiger partial charge in [0.15, 0.2) is 5.69 Å². The molecule has 0 bridgehead atoms. The molecular weight excluding hydrogens is 376 g/mol. The molecule has 0 aliphatic heterocycles. The molecular formula is C11H11N6O6S2-. The van der Waals surface area contributed by atoms with Crippen LogP contribution in [0.5, 0.6) is 0 Å². The molecule has 2 aromatic rings. The van der Waals surface area contributed by atoms with Crippen molar-refractivity contribution in [1.29, 1.82) is 0 Å². The van der Waals surface area contributed by atoms with Gasteiger partial charge in [-0.2, -0.15) is 0 Å². The third-order valence-corrected chi connectivity index (χ3v) is 3.87. The lowest BCUT2D eigenvalue weighted by molar-refractivity contribution is -0.384. The quantitative estimate of drug-likeness (QED) is 0.216. The van der Waals surface area contributed by atoms with Gasteiger partial charge in [-0.25, -0.2) is 8.42 Å². The Labute approximate surface area is 145 Å². The van der Waals surface area contributed by atoms with Crippen LogP contribution in [0.15, 0.2) is 33.9 Å². The molecule has 0 saturated heterocycles. The molecule has 0 atom stereocenters. The van der Waals surface area contributed by atoms with Crippen molar-refractivity contribution in [1.82, 2.24) is 10.2 Å². The van der Waals surface area contributed by atoms with E-state index in [0.29, 0.717) is 5.69 Å².